The lowest BCUT2D eigenvalue weighted by Crippen LogP contribution is -2.05. The number of nitrogens with zero attached hydrogens (tertiary/aromatic N) is 4. The Morgan fingerprint density at radius 1 is 1.07 bits per heavy atom. The molecule has 0 radical (unpaired) electrons. The molecular weight excluding hydrogens is 400 g/mol. The van der Waals surface area contributed by atoms with E-state index in [2.05, 4.69) is 39.5 Å². The topological polar surface area (TPSA) is 43.6 Å². The second-order valence-corrected chi connectivity index (χ2v) is 8.08. The molecule has 4 nitrogen and oxygen atoms in total. The van der Waals surface area contributed by atoms with Crippen LogP contribution in [0.3, 0.4) is 0 Å². The van der Waals surface area contributed by atoms with Crippen LogP contribution in [0.1, 0.15) is 22.6 Å². The molecule has 4 aromatic rings. The predicted octanol–water partition coefficient (Wildman–Crippen LogP) is 5.86. The summed E-state index contributed by atoms with van der Waals surface area (Å²) in [7, 11) is 0. The van der Waals surface area contributed by atoms with Gasteiger partial charge in [-0.15, -0.1) is 16.8 Å². The molecule has 0 saturated carbocycles. The summed E-state index contributed by atoms with van der Waals surface area (Å²) in [6, 6.07) is 18.4. The minimum Gasteiger partial charge on any atom is -0.302 e. The fraction of sp³-hybridized carbons (Fsp3) is 0.174. The molecule has 0 atom stereocenters. The highest BCUT2D eigenvalue weighted by Gasteiger charge is 2.15. The zero-order chi connectivity index (χ0) is 20.2. The molecule has 0 aliphatic carbocycles. The Morgan fingerprint density at radius 2 is 1.83 bits per heavy atom. The van der Waals surface area contributed by atoms with Gasteiger partial charge in [-0.3, -0.25) is 4.98 Å². The zero-order valence-corrected chi connectivity index (χ0v) is 17.7. The van der Waals surface area contributed by atoms with Gasteiger partial charge in [0.1, 0.15) is 5.82 Å². The Bertz CT molecular complexity index is 1150. The van der Waals surface area contributed by atoms with E-state index in [0.717, 1.165) is 44.6 Å². The number of halogens is 1. The fourth-order valence-corrected chi connectivity index (χ4v) is 4.49. The number of hydrogen-bond acceptors (Lipinski definition) is 4. The van der Waals surface area contributed by atoms with Crippen LogP contribution in [-0.4, -0.2) is 19.7 Å². The number of pyridine rings is 1. The summed E-state index contributed by atoms with van der Waals surface area (Å²) in [5.74, 6) is 1.55. The minimum absolute atomic E-state index is 0.630. The third-order valence-electron chi connectivity index (χ3n) is 4.79. The summed E-state index contributed by atoms with van der Waals surface area (Å²) in [6.07, 6.45) is 2.60. The van der Waals surface area contributed by atoms with Gasteiger partial charge >= 0.3 is 0 Å². The van der Waals surface area contributed by atoms with E-state index < -0.39 is 0 Å². The molecular formula is C23H21ClN4S. The average Bonchev–Trinajstić information content (AvgIpc) is 3.12. The molecule has 0 aliphatic rings. The zero-order valence-electron chi connectivity index (χ0n) is 16.2. The molecule has 6 heteroatoms. The Balaban J connectivity index is 1.59. The van der Waals surface area contributed by atoms with E-state index in [9.17, 15) is 0 Å². The summed E-state index contributed by atoms with van der Waals surface area (Å²) in [4.78, 5) is 4.77. The van der Waals surface area contributed by atoms with Gasteiger partial charge in [0.2, 0.25) is 0 Å². The van der Waals surface area contributed by atoms with Crippen molar-refractivity contribution in [2.24, 2.45) is 0 Å². The lowest BCUT2D eigenvalue weighted by atomic mass is 10.1. The van der Waals surface area contributed by atoms with Gasteiger partial charge in [-0.1, -0.05) is 78.0 Å². The Hall–Kier alpha value is -2.63. The van der Waals surface area contributed by atoms with Gasteiger partial charge in [0.15, 0.2) is 5.16 Å². The Labute approximate surface area is 179 Å². The Kier molecular flexibility index (Phi) is 5.97. The van der Waals surface area contributed by atoms with Crippen molar-refractivity contribution in [3.63, 3.8) is 0 Å². The second-order valence-electron chi connectivity index (χ2n) is 6.76. The van der Waals surface area contributed by atoms with Crippen molar-refractivity contribution < 1.29 is 0 Å². The number of allylic oxidation sites excluding steroid dienone is 1. The van der Waals surface area contributed by atoms with Gasteiger partial charge in [0, 0.05) is 24.1 Å². The number of hydrogen-bond donors (Lipinski definition) is 0. The van der Waals surface area contributed by atoms with Gasteiger partial charge in [0.05, 0.1) is 16.2 Å². The number of aromatic nitrogens is 4. The van der Waals surface area contributed by atoms with Crippen LogP contribution in [0, 0.1) is 6.92 Å². The number of para-hydroxylation sites is 1. The molecule has 0 unspecified atom stereocenters. The summed E-state index contributed by atoms with van der Waals surface area (Å²) < 4.78 is 2.10. The van der Waals surface area contributed by atoms with Crippen LogP contribution in [0.4, 0.5) is 0 Å². The molecule has 2 aromatic heterocycles. The maximum absolute atomic E-state index is 6.62. The van der Waals surface area contributed by atoms with E-state index in [-0.39, 0.29) is 0 Å². The summed E-state index contributed by atoms with van der Waals surface area (Å²) in [5, 5.41) is 11.5. The lowest BCUT2D eigenvalue weighted by molar-refractivity contribution is 0.690. The minimum atomic E-state index is 0.630. The van der Waals surface area contributed by atoms with Crippen LogP contribution >= 0.6 is 23.4 Å². The molecule has 0 fully saturated rings. The van der Waals surface area contributed by atoms with Crippen LogP contribution < -0.4 is 0 Å². The van der Waals surface area contributed by atoms with Gasteiger partial charge in [-0.05, 0) is 24.1 Å². The SMILES string of the molecule is C=CCn1c(Cc2ccccc2)nnc1SCc1nc2ccccc2c(C)c1Cl. The third-order valence-corrected chi connectivity index (χ3v) is 6.27. The summed E-state index contributed by atoms with van der Waals surface area (Å²) in [5.41, 5.74) is 4.09. The van der Waals surface area contributed by atoms with Crippen molar-refractivity contribution in [3.05, 3.63) is 94.9 Å². The molecule has 2 heterocycles. The van der Waals surface area contributed by atoms with Crippen molar-refractivity contribution in [2.75, 3.05) is 0 Å². The highest BCUT2D eigenvalue weighted by atomic mass is 35.5. The first kappa shape index (κ1) is 19.7. The highest BCUT2D eigenvalue weighted by molar-refractivity contribution is 7.98. The maximum Gasteiger partial charge on any atom is 0.191 e. The van der Waals surface area contributed by atoms with Crippen LogP contribution in [0.15, 0.2) is 72.4 Å². The lowest BCUT2D eigenvalue weighted by Gasteiger charge is -2.11. The number of fused-ring (bicyclic) bond motifs is 1. The Morgan fingerprint density at radius 3 is 2.62 bits per heavy atom. The van der Waals surface area contributed by atoms with Crippen LogP contribution in [-0.2, 0) is 18.7 Å². The third kappa shape index (κ3) is 4.21. The van der Waals surface area contributed by atoms with E-state index in [1.54, 1.807) is 11.8 Å². The first-order valence-electron chi connectivity index (χ1n) is 9.40. The van der Waals surface area contributed by atoms with Crippen molar-refractivity contribution >= 4 is 34.3 Å². The quantitative estimate of drug-likeness (QED) is 0.277. The van der Waals surface area contributed by atoms with E-state index >= 15 is 0 Å². The standard InChI is InChI=1S/C23H21ClN4S/c1-3-13-28-21(14-17-9-5-4-6-10-17)26-27-23(28)29-15-20-22(24)16(2)18-11-7-8-12-19(18)25-20/h3-12H,1,13-15H2,2H3. The molecule has 146 valence electrons. The first-order chi connectivity index (χ1) is 14.2. The second kappa shape index (κ2) is 8.80. The summed E-state index contributed by atoms with van der Waals surface area (Å²) >= 11 is 8.21. The smallest absolute Gasteiger partial charge is 0.191 e. The number of aryl methyl sites for hydroxylation is 1. The van der Waals surface area contributed by atoms with Crippen LogP contribution in [0.2, 0.25) is 5.02 Å². The number of rotatable bonds is 7. The molecule has 0 bridgehead atoms. The van der Waals surface area contributed by atoms with E-state index in [1.807, 2.05) is 49.4 Å². The fourth-order valence-electron chi connectivity index (χ4n) is 3.29. The van der Waals surface area contributed by atoms with Crippen LogP contribution in [0.25, 0.3) is 10.9 Å². The van der Waals surface area contributed by atoms with Crippen LogP contribution in [0.5, 0.6) is 0 Å². The monoisotopic (exact) mass is 420 g/mol. The van der Waals surface area contributed by atoms with Crippen molar-refractivity contribution in [2.45, 2.75) is 30.8 Å². The van der Waals surface area contributed by atoms with Gasteiger partial charge in [-0.2, -0.15) is 0 Å². The largest absolute Gasteiger partial charge is 0.302 e. The predicted molar refractivity (Wildman–Crippen MR) is 121 cm³/mol. The molecule has 0 amide bonds. The average molecular weight is 421 g/mol. The molecule has 0 N–H and O–H groups in total. The van der Waals surface area contributed by atoms with Gasteiger partial charge in [-0.25, -0.2) is 0 Å². The van der Waals surface area contributed by atoms with Gasteiger partial charge < -0.3 is 4.57 Å². The molecule has 29 heavy (non-hydrogen) atoms. The molecule has 4 rings (SSSR count). The van der Waals surface area contributed by atoms with E-state index in [0.29, 0.717) is 12.3 Å². The summed E-state index contributed by atoms with van der Waals surface area (Å²) in [6.45, 7) is 6.59. The van der Waals surface area contributed by atoms with Gasteiger partial charge in [0.25, 0.3) is 0 Å². The molecule has 0 aliphatic heterocycles. The van der Waals surface area contributed by atoms with E-state index in [1.165, 1.54) is 5.56 Å². The van der Waals surface area contributed by atoms with Crippen molar-refractivity contribution in [1.29, 1.82) is 0 Å². The van der Waals surface area contributed by atoms with Crippen molar-refractivity contribution in [3.8, 4) is 0 Å². The highest BCUT2D eigenvalue weighted by Crippen LogP contribution is 2.31. The number of thioether (sulfide) groups is 1. The maximum atomic E-state index is 6.62. The number of benzene rings is 2. The van der Waals surface area contributed by atoms with Crippen molar-refractivity contribution in [1.82, 2.24) is 19.7 Å². The first-order valence-corrected chi connectivity index (χ1v) is 10.8. The molecule has 2 aromatic carbocycles. The molecule has 0 saturated heterocycles. The molecule has 0 spiro atoms. The van der Waals surface area contributed by atoms with E-state index in [4.69, 9.17) is 16.6 Å². The normalized spacial score (nSPS) is 11.1.